The quantitative estimate of drug-likeness (QED) is 0.663. The second-order valence-corrected chi connectivity index (χ2v) is 5.68. The van der Waals surface area contributed by atoms with E-state index in [4.69, 9.17) is 11.6 Å². The van der Waals surface area contributed by atoms with Gasteiger partial charge in [0.25, 0.3) is 5.91 Å². The van der Waals surface area contributed by atoms with Crippen LogP contribution in [0, 0.1) is 12.7 Å². The summed E-state index contributed by atoms with van der Waals surface area (Å²) in [6.07, 6.45) is -3.86. The number of nitrogens with zero attached hydrogens (tertiary/aromatic N) is 2. The number of carbonyl (C=O) groups is 1. The molecule has 130 valence electrons. The Bertz CT molecular complexity index is 964. The molecule has 1 N–H and O–H groups in total. The van der Waals surface area contributed by atoms with E-state index in [0.29, 0.717) is 5.69 Å². The van der Waals surface area contributed by atoms with Crippen molar-refractivity contribution in [2.45, 2.75) is 13.1 Å². The molecule has 0 unspecified atom stereocenters. The van der Waals surface area contributed by atoms with Gasteiger partial charge in [-0.2, -0.15) is 13.2 Å². The highest BCUT2D eigenvalue weighted by molar-refractivity contribution is 6.33. The van der Waals surface area contributed by atoms with E-state index in [1.165, 1.54) is 19.1 Å². The number of halogens is 5. The molecule has 2 heterocycles. The number of anilines is 1. The maximum atomic E-state index is 13.0. The van der Waals surface area contributed by atoms with Gasteiger partial charge in [-0.1, -0.05) is 11.6 Å². The van der Waals surface area contributed by atoms with Crippen molar-refractivity contribution < 1.29 is 22.4 Å². The van der Waals surface area contributed by atoms with Crippen molar-refractivity contribution in [3.63, 3.8) is 0 Å². The number of benzene rings is 1. The van der Waals surface area contributed by atoms with Gasteiger partial charge in [0.05, 0.1) is 16.3 Å². The molecule has 0 aliphatic carbocycles. The highest BCUT2D eigenvalue weighted by Gasteiger charge is 2.32. The number of aromatic nitrogens is 2. The molecular weight excluding hydrogens is 362 g/mol. The molecule has 0 saturated carbocycles. The Morgan fingerprint density at radius 2 is 1.88 bits per heavy atom. The van der Waals surface area contributed by atoms with E-state index in [9.17, 15) is 22.4 Å². The predicted molar refractivity (Wildman–Crippen MR) is 84.3 cm³/mol. The Balaban J connectivity index is 2.08. The molecule has 3 rings (SSSR count). The topological polar surface area (TPSA) is 46.4 Å². The van der Waals surface area contributed by atoms with Crippen molar-refractivity contribution in [1.82, 2.24) is 9.38 Å². The van der Waals surface area contributed by atoms with E-state index >= 15 is 0 Å². The summed E-state index contributed by atoms with van der Waals surface area (Å²) in [4.78, 5) is 16.5. The zero-order chi connectivity index (χ0) is 18.4. The molecule has 0 radical (unpaired) electrons. The van der Waals surface area contributed by atoms with Crippen LogP contribution < -0.4 is 5.32 Å². The van der Waals surface area contributed by atoms with Crippen LogP contribution in [0.1, 0.15) is 21.7 Å². The molecule has 0 aliphatic heterocycles. The molecule has 0 aliphatic rings. The average molecular weight is 372 g/mol. The Hall–Kier alpha value is -2.61. The number of amides is 1. The standard InChI is InChI=1S/C16H10ClF4N3O/c1-8-13(15(25)23-11-4-2-10(18)3-5-11)24-7-9(16(19,20)21)6-12(17)14(24)22-8/h2-7H,1H3,(H,23,25). The molecule has 9 heteroatoms. The Morgan fingerprint density at radius 1 is 1.24 bits per heavy atom. The van der Waals surface area contributed by atoms with Crippen molar-refractivity contribution in [3.05, 3.63) is 64.3 Å². The number of imidazole rings is 1. The molecular formula is C16H10ClF4N3O. The normalized spacial score (nSPS) is 11.8. The molecule has 0 bridgehead atoms. The van der Waals surface area contributed by atoms with Gasteiger partial charge < -0.3 is 5.32 Å². The van der Waals surface area contributed by atoms with Crippen LogP contribution in [0.5, 0.6) is 0 Å². The second-order valence-electron chi connectivity index (χ2n) is 5.27. The Labute approximate surface area is 144 Å². The third kappa shape index (κ3) is 3.30. The van der Waals surface area contributed by atoms with E-state index in [-0.39, 0.29) is 22.1 Å². The minimum absolute atomic E-state index is 0.0384. The van der Waals surface area contributed by atoms with Crippen molar-refractivity contribution in [2.24, 2.45) is 0 Å². The number of aryl methyl sites for hydroxylation is 1. The largest absolute Gasteiger partial charge is 0.417 e. The van der Waals surface area contributed by atoms with Gasteiger partial charge in [0.2, 0.25) is 0 Å². The van der Waals surface area contributed by atoms with E-state index in [1.54, 1.807) is 0 Å². The maximum Gasteiger partial charge on any atom is 0.417 e. The molecule has 1 amide bonds. The Morgan fingerprint density at radius 3 is 2.48 bits per heavy atom. The van der Waals surface area contributed by atoms with E-state index < -0.39 is 23.5 Å². The number of hydrogen-bond acceptors (Lipinski definition) is 2. The highest BCUT2D eigenvalue weighted by atomic mass is 35.5. The zero-order valence-electron chi connectivity index (χ0n) is 12.7. The van der Waals surface area contributed by atoms with Crippen LogP contribution in [-0.4, -0.2) is 15.3 Å². The van der Waals surface area contributed by atoms with Crippen molar-refractivity contribution in [3.8, 4) is 0 Å². The van der Waals surface area contributed by atoms with Crippen LogP contribution in [0.4, 0.5) is 23.2 Å². The predicted octanol–water partition coefficient (Wildman–Crippen LogP) is 4.71. The summed E-state index contributed by atoms with van der Waals surface area (Å²) in [5.41, 5.74) is -0.554. The van der Waals surface area contributed by atoms with Crippen LogP contribution >= 0.6 is 11.6 Å². The minimum atomic E-state index is -4.62. The molecule has 2 aromatic heterocycles. The van der Waals surface area contributed by atoms with Gasteiger partial charge in [0.1, 0.15) is 11.5 Å². The van der Waals surface area contributed by atoms with Crippen molar-refractivity contribution in [2.75, 3.05) is 5.32 Å². The fraction of sp³-hybridized carbons (Fsp3) is 0.125. The van der Waals surface area contributed by atoms with E-state index in [0.717, 1.165) is 28.8 Å². The molecule has 0 atom stereocenters. The van der Waals surface area contributed by atoms with Crippen LogP contribution in [0.3, 0.4) is 0 Å². The number of hydrogen-bond donors (Lipinski definition) is 1. The lowest BCUT2D eigenvalue weighted by atomic mass is 10.2. The van der Waals surface area contributed by atoms with Gasteiger partial charge in [0, 0.05) is 11.9 Å². The Kier molecular flexibility index (Phi) is 4.16. The smallest absolute Gasteiger partial charge is 0.321 e. The van der Waals surface area contributed by atoms with Gasteiger partial charge >= 0.3 is 6.18 Å². The fourth-order valence-corrected chi connectivity index (χ4v) is 2.62. The highest BCUT2D eigenvalue weighted by Crippen LogP contribution is 2.33. The molecule has 25 heavy (non-hydrogen) atoms. The summed E-state index contributed by atoms with van der Waals surface area (Å²) in [5.74, 6) is -1.17. The first-order valence-electron chi connectivity index (χ1n) is 6.99. The summed E-state index contributed by atoms with van der Waals surface area (Å²) in [7, 11) is 0. The van der Waals surface area contributed by atoms with Crippen LogP contribution in [-0.2, 0) is 6.18 Å². The van der Waals surface area contributed by atoms with Crippen molar-refractivity contribution in [1.29, 1.82) is 0 Å². The number of pyridine rings is 1. The minimum Gasteiger partial charge on any atom is -0.321 e. The summed E-state index contributed by atoms with van der Waals surface area (Å²) < 4.78 is 52.9. The first kappa shape index (κ1) is 17.2. The number of rotatable bonds is 2. The lowest BCUT2D eigenvalue weighted by Gasteiger charge is -2.10. The molecule has 0 saturated heterocycles. The summed E-state index contributed by atoms with van der Waals surface area (Å²) >= 11 is 5.88. The lowest BCUT2D eigenvalue weighted by Crippen LogP contribution is -2.16. The molecule has 3 aromatic rings. The summed E-state index contributed by atoms with van der Waals surface area (Å²) in [5, 5.41) is 2.27. The van der Waals surface area contributed by atoms with E-state index in [2.05, 4.69) is 10.3 Å². The lowest BCUT2D eigenvalue weighted by molar-refractivity contribution is -0.137. The maximum absolute atomic E-state index is 13.0. The average Bonchev–Trinajstić information content (AvgIpc) is 2.85. The summed E-state index contributed by atoms with van der Waals surface area (Å²) in [6, 6.07) is 5.72. The van der Waals surface area contributed by atoms with Crippen LogP contribution in [0.2, 0.25) is 5.02 Å². The van der Waals surface area contributed by atoms with Gasteiger partial charge in [-0.25, -0.2) is 9.37 Å². The van der Waals surface area contributed by atoms with Gasteiger partial charge in [0.15, 0.2) is 5.65 Å². The monoisotopic (exact) mass is 371 g/mol. The molecule has 0 fully saturated rings. The van der Waals surface area contributed by atoms with Gasteiger partial charge in [-0.3, -0.25) is 9.20 Å². The molecule has 4 nitrogen and oxygen atoms in total. The van der Waals surface area contributed by atoms with Crippen LogP contribution in [0.15, 0.2) is 36.5 Å². The summed E-state index contributed by atoms with van der Waals surface area (Å²) in [6.45, 7) is 1.48. The van der Waals surface area contributed by atoms with Crippen LogP contribution in [0.25, 0.3) is 5.65 Å². The second kappa shape index (κ2) is 6.03. The van der Waals surface area contributed by atoms with Gasteiger partial charge in [-0.05, 0) is 37.3 Å². The number of fused-ring (bicyclic) bond motifs is 1. The van der Waals surface area contributed by atoms with E-state index in [1.807, 2.05) is 0 Å². The SMILES string of the molecule is Cc1nc2c(Cl)cc(C(F)(F)F)cn2c1C(=O)Nc1ccc(F)cc1. The first-order chi connectivity index (χ1) is 11.7. The fourth-order valence-electron chi connectivity index (χ4n) is 2.37. The molecule has 0 spiro atoms. The van der Waals surface area contributed by atoms with Gasteiger partial charge in [-0.15, -0.1) is 0 Å². The zero-order valence-corrected chi connectivity index (χ0v) is 13.4. The third-order valence-corrected chi connectivity index (χ3v) is 3.77. The third-order valence-electron chi connectivity index (χ3n) is 3.49. The first-order valence-corrected chi connectivity index (χ1v) is 7.37. The molecule has 1 aromatic carbocycles. The number of nitrogens with one attached hydrogen (secondary N) is 1. The number of carbonyl (C=O) groups excluding carboxylic acids is 1. The number of alkyl halides is 3. The van der Waals surface area contributed by atoms with Crippen molar-refractivity contribution >= 4 is 28.8 Å².